The summed E-state index contributed by atoms with van der Waals surface area (Å²) in [5.74, 6) is -0.747. The molecule has 0 amide bonds. The smallest absolute Gasteiger partial charge is 0.192 e. The second-order valence-electron chi connectivity index (χ2n) is 10.2. The van der Waals surface area contributed by atoms with Crippen LogP contribution in [0.4, 0.5) is 0 Å². The van der Waals surface area contributed by atoms with Crippen molar-refractivity contribution < 1.29 is 18.6 Å². The lowest BCUT2D eigenvalue weighted by Gasteiger charge is -2.37. The molecule has 2 aromatic rings. The third kappa shape index (κ3) is 4.28. The molecule has 0 unspecified atom stereocenters. The number of halogens is 3. The molecule has 0 aliphatic carbocycles. The number of rotatable bonds is 4. The van der Waals surface area contributed by atoms with Gasteiger partial charge in [-0.25, -0.2) is 4.98 Å². The largest absolute Gasteiger partial charge is 0.414 e. The van der Waals surface area contributed by atoms with Gasteiger partial charge in [-0.2, -0.15) is 0 Å². The van der Waals surface area contributed by atoms with E-state index in [-0.39, 0.29) is 23.4 Å². The molecule has 4 heterocycles. The van der Waals surface area contributed by atoms with Crippen LogP contribution in [0.2, 0.25) is 33.3 Å². The summed E-state index contributed by atoms with van der Waals surface area (Å²) < 4.78 is 27.3. The van der Waals surface area contributed by atoms with E-state index in [0.29, 0.717) is 33.1 Å². The van der Waals surface area contributed by atoms with E-state index in [4.69, 9.17) is 53.4 Å². The highest BCUT2D eigenvalue weighted by Gasteiger charge is 2.57. The number of ether oxygens (including phenoxy) is 3. The van der Waals surface area contributed by atoms with Gasteiger partial charge in [0, 0.05) is 12.3 Å². The molecule has 0 bridgehead atoms. The molecule has 4 rings (SSSR count). The van der Waals surface area contributed by atoms with E-state index in [1.165, 1.54) is 0 Å². The van der Waals surface area contributed by atoms with Crippen molar-refractivity contribution in [2.75, 3.05) is 6.61 Å². The van der Waals surface area contributed by atoms with Gasteiger partial charge in [-0.1, -0.05) is 55.6 Å². The molecule has 6 nitrogen and oxygen atoms in total. The van der Waals surface area contributed by atoms with Crippen molar-refractivity contribution in [3.63, 3.8) is 0 Å². The summed E-state index contributed by atoms with van der Waals surface area (Å²) in [4.78, 5) is 4.31. The fraction of sp³-hybridized carbons (Fsp3) is 0.667. The molecule has 2 fully saturated rings. The third-order valence-corrected chi connectivity index (χ3v) is 12.0. The van der Waals surface area contributed by atoms with Crippen molar-refractivity contribution in [3.8, 4) is 0 Å². The molecule has 4 atom stereocenters. The van der Waals surface area contributed by atoms with Crippen LogP contribution in [0.5, 0.6) is 0 Å². The summed E-state index contributed by atoms with van der Waals surface area (Å²) >= 11 is 19.2. The molecule has 2 aliphatic heterocycles. The SMILES string of the molecule is CC1(C)O[C@@H]2[C@H](O1)[C@@H](CO[Si](C)(C)C(C)(C)C)O[C@@H]2c1c(Cl)c(Cl)cc2nc(Cl)cn12. The molecule has 31 heavy (non-hydrogen) atoms. The van der Waals surface area contributed by atoms with E-state index in [2.05, 4.69) is 38.8 Å². The minimum atomic E-state index is -1.97. The number of pyridine rings is 1. The second-order valence-corrected chi connectivity index (χ2v) is 16.2. The Hall–Kier alpha value is -0.383. The average Bonchev–Trinajstić information content (AvgIpc) is 3.23. The van der Waals surface area contributed by atoms with Gasteiger partial charge in [0.05, 0.1) is 22.3 Å². The number of aromatic nitrogens is 2. The van der Waals surface area contributed by atoms with Crippen LogP contribution in [0.3, 0.4) is 0 Å². The van der Waals surface area contributed by atoms with Crippen LogP contribution in [-0.2, 0) is 18.6 Å². The summed E-state index contributed by atoms with van der Waals surface area (Å²) in [7, 11) is -1.97. The quantitative estimate of drug-likeness (QED) is 0.456. The van der Waals surface area contributed by atoms with E-state index in [9.17, 15) is 0 Å². The molecule has 2 aliphatic rings. The molecule has 172 valence electrons. The van der Waals surface area contributed by atoms with Crippen molar-refractivity contribution in [3.05, 3.63) is 33.2 Å². The summed E-state index contributed by atoms with van der Waals surface area (Å²) in [6, 6.07) is 1.68. The third-order valence-electron chi connectivity index (χ3n) is 6.49. The van der Waals surface area contributed by atoms with Crippen molar-refractivity contribution >= 4 is 48.8 Å². The Morgan fingerprint density at radius 2 is 1.81 bits per heavy atom. The first kappa shape index (κ1) is 23.8. The number of hydrogen-bond donors (Lipinski definition) is 0. The van der Waals surface area contributed by atoms with Gasteiger partial charge in [0.2, 0.25) is 0 Å². The summed E-state index contributed by atoms with van der Waals surface area (Å²) in [5.41, 5.74) is 1.24. The van der Waals surface area contributed by atoms with Gasteiger partial charge < -0.3 is 18.6 Å². The van der Waals surface area contributed by atoms with Crippen LogP contribution in [0.15, 0.2) is 12.3 Å². The van der Waals surface area contributed by atoms with Gasteiger partial charge >= 0.3 is 0 Å². The standard InChI is InChI=1S/C21H29Cl3N2O4Si/c1-20(2,3)31(6,7)27-10-12-17-19(30-21(4,5)29-17)18(28-12)16-15(24)11(22)8-14-25-13(23)9-26(14)16/h8-9,12,17-19H,10H2,1-7H3/t12-,17-,18-,19-/m1/s1. The minimum Gasteiger partial charge on any atom is -0.414 e. The number of nitrogens with zero attached hydrogens (tertiary/aromatic N) is 2. The van der Waals surface area contributed by atoms with Crippen LogP contribution in [0.25, 0.3) is 5.65 Å². The highest BCUT2D eigenvalue weighted by molar-refractivity contribution is 6.74. The summed E-state index contributed by atoms with van der Waals surface area (Å²) in [6.07, 6.45) is 0.207. The average molecular weight is 508 g/mol. The second kappa shape index (κ2) is 7.84. The molecule has 0 saturated carbocycles. The first-order chi connectivity index (χ1) is 14.2. The molecule has 0 spiro atoms. The van der Waals surface area contributed by atoms with E-state index < -0.39 is 20.2 Å². The Morgan fingerprint density at radius 1 is 1.16 bits per heavy atom. The summed E-state index contributed by atoms with van der Waals surface area (Å²) in [6.45, 7) is 15.3. The van der Waals surface area contributed by atoms with Crippen LogP contribution in [0, 0.1) is 0 Å². The van der Waals surface area contributed by atoms with Crippen molar-refractivity contribution in [2.24, 2.45) is 0 Å². The molecule has 2 aromatic heterocycles. The molecular formula is C21H29Cl3N2O4Si. The van der Waals surface area contributed by atoms with Gasteiger partial charge in [0.1, 0.15) is 35.2 Å². The molecule has 0 aromatic carbocycles. The van der Waals surface area contributed by atoms with Gasteiger partial charge in [-0.15, -0.1) is 0 Å². The summed E-state index contributed by atoms with van der Waals surface area (Å²) in [5, 5.41) is 1.19. The fourth-order valence-electron chi connectivity index (χ4n) is 3.87. The molecule has 2 saturated heterocycles. The Morgan fingerprint density at radius 3 is 2.45 bits per heavy atom. The van der Waals surface area contributed by atoms with E-state index >= 15 is 0 Å². The zero-order valence-corrected chi connectivity index (χ0v) is 22.1. The van der Waals surface area contributed by atoms with E-state index in [0.717, 1.165) is 0 Å². The first-order valence-corrected chi connectivity index (χ1v) is 14.4. The van der Waals surface area contributed by atoms with Gasteiger partial charge in [0.15, 0.2) is 14.1 Å². The van der Waals surface area contributed by atoms with Crippen LogP contribution < -0.4 is 0 Å². The van der Waals surface area contributed by atoms with Crippen molar-refractivity contribution in [2.45, 2.75) is 83.0 Å². The lowest BCUT2D eigenvalue weighted by molar-refractivity contribution is -0.191. The normalized spacial score (nSPS) is 28.5. The maximum Gasteiger partial charge on any atom is 0.192 e. The van der Waals surface area contributed by atoms with Gasteiger partial charge in [-0.3, -0.25) is 4.40 Å². The number of imidazole rings is 1. The molecule has 0 N–H and O–H groups in total. The van der Waals surface area contributed by atoms with Crippen molar-refractivity contribution in [1.82, 2.24) is 9.38 Å². The molecule has 0 radical (unpaired) electrons. The van der Waals surface area contributed by atoms with E-state index in [1.807, 2.05) is 18.2 Å². The highest BCUT2D eigenvalue weighted by Crippen LogP contribution is 2.48. The first-order valence-electron chi connectivity index (χ1n) is 10.4. The Labute approximate surface area is 199 Å². The van der Waals surface area contributed by atoms with Crippen LogP contribution >= 0.6 is 34.8 Å². The van der Waals surface area contributed by atoms with E-state index in [1.54, 1.807) is 12.3 Å². The Bertz CT molecular complexity index is 1000. The zero-order valence-electron chi connectivity index (χ0n) is 18.8. The highest BCUT2D eigenvalue weighted by atomic mass is 35.5. The van der Waals surface area contributed by atoms with Crippen molar-refractivity contribution in [1.29, 1.82) is 0 Å². The number of fused-ring (bicyclic) bond motifs is 2. The van der Waals surface area contributed by atoms with Crippen LogP contribution in [-0.4, -0.2) is 48.4 Å². The topological polar surface area (TPSA) is 54.2 Å². The van der Waals surface area contributed by atoms with Gasteiger partial charge in [0.25, 0.3) is 0 Å². The van der Waals surface area contributed by atoms with Crippen LogP contribution in [0.1, 0.15) is 46.4 Å². The molecular weight excluding hydrogens is 479 g/mol. The maximum absolute atomic E-state index is 6.66. The zero-order chi connectivity index (χ0) is 22.9. The monoisotopic (exact) mass is 506 g/mol. The Balaban J connectivity index is 1.70. The van der Waals surface area contributed by atoms with Gasteiger partial charge in [-0.05, 0) is 32.0 Å². The molecule has 10 heteroatoms. The predicted molar refractivity (Wildman–Crippen MR) is 125 cm³/mol. The maximum atomic E-state index is 6.66. The number of hydrogen-bond acceptors (Lipinski definition) is 5. The minimum absolute atomic E-state index is 0.0900. The Kier molecular flexibility index (Phi) is 6.01. The predicted octanol–water partition coefficient (Wildman–Crippen LogP) is 6.28. The fourth-order valence-corrected chi connectivity index (χ4v) is 5.52. The lowest BCUT2D eigenvalue weighted by Crippen LogP contribution is -2.44. The lowest BCUT2D eigenvalue weighted by atomic mass is 10.1.